The number of carbonyl (C=O) groups is 1. The molecule has 6 aromatic rings. The second-order valence-electron chi connectivity index (χ2n) is 12.5. The Kier molecular flexibility index (Phi) is 8.01. The lowest BCUT2D eigenvalue weighted by Crippen LogP contribution is -2.69. The van der Waals surface area contributed by atoms with Gasteiger partial charge in [-0.2, -0.15) is 0 Å². The molecule has 0 radical (unpaired) electrons. The summed E-state index contributed by atoms with van der Waals surface area (Å²) in [5, 5.41) is 49.4. The summed E-state index contributed by atoms with van der Waals surface area (Å²) in [7, 11) is 0. The standard InChI is InChI=1S/C36H28ClF3N4O6/c37-30-21-6-3-7-22(24(21)12-19-10-17-4-1-2-5-18(17)11-23(19)30)35(48)41-29-8-9-49-36(29)34(47)32(33(46)28(16-45)50-36)44-15-27(42-43-44)20-13-25(38)31(40)26(39)14-20/h1-7,10-15,28-29,32-34,45-47H,8-9,16H2,(H,41,48)/t28-,29-,32+,33+,34-,36+/m1/s1. The number of aromatic nitrogens is 3. The van der Waals surface area contributed by atoms with Gasteiger partial charge in [0.15, 0.2) is 17.5 Å². The van der Waals surface area contributed by atoms with Gasteiger partial charge in [0.25, 0.3) is 5.91 Å². The molecule has 0 bridgehead atoms. The van der Waals surface area contributed by atoms with Gasteiger partial charge in [-0.25, -0.2) is 17.9 Å². The number of rotatable bonds is 5. The molecule has 3 heterocycles. The predicted octanol–water partition coefficient (Wildman–Crippen LogP) is 5.04. The number of aliphatic hydroxyl groups is 3. The van der Waals surface area contributed by atoms with E-state index in [1.54, 1.807) is 12.1 Å². The molecule has 8 rings (SSSR count). The monoisotopic (exact) mass is 704 g/mol. The average Bonchev–Trinajstić information content (AvgIpc) is 3.76. The van der Waals surface area contributed by atoms with Crippen LogP contribution in [-0.2, 0) is 9.47 Å². The fourth-order valence-electron chi connectivity index (χ4n) is 7.16. The summed E-state index contributed by atoms with van der Waals surface area (Å²) in [6, 6.07) is 18.1. The van der Waals surface area contributed by atoms with Gasteiger partial charge in [0.1, 0.15) is 30.0 Å². The van der Waals surface area contributed by atoms with E-state index in [1.807, 2.05) is 48.5 Å². The van der Waals surface area contributed by atoms with Gasteiger partial charge < -0.3 is 30.1 Å². The van der Waals surface area contributed by atoms with Gasteiger partial charge in [-0.1, -0.05) is 53.2 Å². The van der Waals surface area contributed by atoms with E-state index in [1.165, 1.54) is 6.20 Å². The summed E-state index contributed by atoms with van der Waals surface area (Å²) in [6.07, 6.45) is -3.19. The molecule has 2 aliphatic heterocycles. The fourth-order valence-corrected chi connectivity index (χ4v) is 7.49. The SMILES string of the molecule is O=C(N[C@@H]1CCO[C@]12O[C@H](CO)[C@H](O)[C@H](n1cc(-c3cc(F)c(F)c(F)c3)nn1)[C@H]2O)c1cccc2c(Cl)c3cc4ccccc4cc3cc12. The number of carbonyl (C=O) groups excluding carboxylic acids is 1. The highest BCUT2D eigenvalue weighted by Gasteiger charge is 2.62. The molecule has 2 fully saturated rings. The van der Waals surface area contributed by atoms with Gasteiger partial charge in [0, 0.05) is 21.9 Å². The van der Waals surface area contributed by atoms with Gasteiger partial charge in [0.2, 0.25) is 5.79 Å². The Labute approximate surface area is 286 Å². The Morgan fingerprint density at radius 1 is 0.960 bits per heavy atom. The van der Waals surface area contributed by atoms with Gasteiger partial charge >= 0.3 is 0 Å². The predicted molar refractivity (Wildman–Crippen MR) is 177 cm³/mol. The maximum absolute atomic E-state index is 14.1. The first-order chi connectivity index (χ1) is 24.1. The number of halogens is 4. The van der Waals surface area contributed by atoms with E-state index in [9.17, 15) is 33.3 Å². The molecule has 256 valence electrons. The molecule has 0 aliphatic carbocycles. The maximum Gasteiger partial charge on any atom is 0.252 e. The summed E-state index contributed by atoms with van der Waals surface area (Å²) in [5.41, 5.74) is 0.0768. The molecule has 2 saturated heterocycles. The van der Waals surface area contributed by atoms with Crippen LogP contribution >= 0.6 is 11.6 Å². The smallest absolute Gasteiger partial charge is 0.252 e. The summed E-state index contributed by atoms with van der Waals surface area (Å²) >= 11 is 6.92. The second-order valence-corrected chi connectivity index (χ2v) is 12.9. The van der Waals surface area contributed by atoms with E-state index in [-0.39, 0.29) is 24.3 Å². The number of ether oxygens (including phenoxy) is 2. The quantitative estimate of drug-likeness (QED) is 0.145. The van der Waals surface area contributed by atoms with Crippen molar-refractivity contribution in [2.24, 2.45) is 0 Å². The van der Waals surface area contributed by atoms with E-state index in [0.717, 1.165) is 38.4 Å². The summed E-state index contributed by atoms with van der Waals surface area (Å²) in [6.45, 7) is -0.658. The number of benzene rings is 5. The van der Waals surface area contributed by atoms with Crippen LogP contribution in [0.25, 0.3) is 43.6 Å². The van der Waals surface area contributed by atoms with Crippen molar-refractivity contribution in [2.75, 3.05) is 13.2 Å². The molecule has 0 unspecified atom stereocenters. The third kappa shape index (κ3) is 5.12. The molecule has 0 saturated carbocycles. The van der Waals surface area contributed by atoms with Crippen LogP contribution in [0.15, 0.2) is 79.0 Å². The number of nitrogens with one attached hydrogen (secondary N) is 1. The zero-order valence-electron chi connectivity index (χ0n) is 25.9. The number of fused-ring (bicyclic) bond motifs is 3. The third-order valence-electron chi connectivity index (χ3n) is 9.64. The summed E-state index contributed by atoms with van der Waals surface area (Å²) < 4.78 is 54.6. The van der Waals surface area contributed by atoms with Gasteiger partial charge in [-0.3, -0.25) is 4.79 Å². The first-order valence-corrected chi connectivity index (χ1v) is 16.2. The Morgan fingerprint density at radius 3 is 2.42 bits per heavy atom. The first kappa shape index (κ1) is 32.6. The van der Waals surface area contributed by atoms with Crippen molar-refractivity contribution >= 4 is 49.8 Å². The van der Waals surface area contributed by atoms with Crippen molar-refractivity contribution in [3.8, 4) is 11.3 Å². The van der Waals surface area contributed by atoms with Crippen LogP contribution in [0.3, 0.4) is 0 Å². The molecule has 14 heteroatoms. The average molecular weight is 705 g/mol. The minimum atomic E-state index is -1.96. The van der Waals surface area contributed by atoms with Gasteiger partial charge in [-0.05, 0) is 64.4 Å². The van der Waals surface area contributed by atoms with Crippen LogP contribution in [-0.4, -0.2) is 79.6 Å². The maximum atomic E-state index is 14.1. The Morgan fingerprint density at radius 2 is 1.68 bits per heavy atom. The highest BCUT2D eigenvalue weighted by Crippen LogP contribution is 2.44. The zero-order valence-corrected chi connectivity index (χ0v) is 26.7. The molecule has 1 spiro atoms. The number of hydrogen-bond donors (Lipinski definition) is 4. The van der Waals surface area contributed by atoms with Crippen LogP contribution in [0.5, 0.6) is 0 Å². The van der Waals surface area contributed by atoms with Gasteiger partial charge in [-0.15, -0.1) is 5.10 Å². The fraction of sp³-hybridized carbons (Fsp3) is 0.250. The molecule has 4 N–H and O–H groups in total. The number of amides is 1. The summed E-state index contributed by atoms with van der Waals surface area (Å²) in [5.74, 6) is -6.99. The number of hydrogen-bond acceptors (Lipinski definition) is 8. The van der Waals surface area contributed by atoms with Crippen molar-refractivity contribution in [1.29, 1.82) is 0 Å². The van der Waals surface area contributed by atoms with Crippen molar-refractivity contribution in [1.82, 2.24) is 20.3 Å². The van der Waals surface area contributed by atoms with Crippen LogP contribution < -0.4 is 5.32 Å². The summed E-state index contributed by atoms with van der Waals surface area (Å²) in [4.78, 5) is 14.1. The van der Waals surface area contributed by atoms with E-state index in [4.69, 9.17) is 21.1 Å². The van der Waals surface area contributed by atoms with Crippen molar-refractivity contribution < 1.29 is 42.8 Å². The lowest BCUT2D eigenvalue weighted by molar-refractivity contribution is -0.344. The topological polar surface area (TPSA) is 139 Å². The Hall–Kier alpha value is -4.63. The highest BCUT2D eigenvalue weighted by molar-refractivity contribution is 6.41. The molecule has 2 aliphatic rings. The molecule has 50 heavy (non-hydrogen) atoms. The molecule has 1 aromatic heterocycles. The largest absolute Gasteiger partial charge is 0.394 e. The third-order valence-corrected chi connectivity index (χ3v) is 10.1. The van der Waals surface area contributed by atoms with Crippen LogP contribution in [0, 0.1) is 17.5 Å². The lowest BCUT2D eigenvalue weighted by Gasteiger charge is -2.49. The van der Waals surface area contributed by atoms with Crippen LogP contribution in [0.1, 0.15) is 22.8 Å². The van der Waals surface area contributed by atoms with Crippen molar-refractivity contribution in [3.05, 3.63) is 107 Å². The molecular weight excluding hydrogens is 677 g/mol. The Bertz CT molecular complexity index is 2300. The zero-order chi connectivity index (χ0) is 34.9. The van der Waals surface area contributed by atoms with Crippen LogP contribution in [0.4, 0.5) is 13.2 Å². The minimum absolute atomic E-state index is 0.0405. The van der Waals surface area contributed by atoms with Gasteiger partial charge in [0.05, 0.1) is 30.5 Å². The van der Waals surface area contributed by atoms with Crippen molar-refractivity contribution in [3.63, 3.8) is 0 Å². The Balaban J connectivity index is 1.13. The lowest BCUT2D eigenvalue weighted by atomic mass is 9.86. The number of aliphatic hydroxyl groups excluding tert-OH is 3. The van der Waals surface area contributed by atoms with E-state index < -0.39 is 66.1 Å². The molecule has 10 nitrogen and oxygen atoms in total. The number of nitrogens with zero attached hydrogens (tertiary/aromatic N) is 3. The van der Waals surface area contributed by atoms with Crippen LogP contribution in [0.2, 0.25) is 5.02 Å². The molecular formula is C36H28ClF3N4O6. The van der Waals surface area contributed by atoms with E-state index in [2.05, 4.69) is 15.6 Å². The van der Waals surface area contributed by atoms with E-state index >= 15 is 0 Å². The first-order valence-electron chi connectivity index (χ1n) is 15.8. The second kappa shape index (κ2) is 12.3. The normalized spacial score (nSPS) is 25.2. The molecule has 6 atom stereocenters. The molecule has 1 amide bonds. The minimum Gasteiger partial charge on any atom is -0.394 e. The van der Waals surface area contributed by atoms with E-state index in [0.29, 0.717) is 21.4 Å². The van der Waals surface area contributed by atoms with Crippen molar-refractivity contribution in [2.45, 2.75) is 42.6 Å². The highest BCUT2D eigenvalue weighted by atomic mass is 35.5. The molecule has 5 aromatic carbocycles.